The molecule has 1 amide bonds. The Bertz CT molecular complexity index is 183. The molecule has 0 radical (unpaired) electrons. The number of hydrogen-bond donors (Lipinski definition) is 2. The number of allylic oxidation sites excluding steroid dienone is 1. The third-order valence-corrected chi connectivity index (χ3v) is 1.10. The molecule has 0 spiro atoms. The van der Waals surface area contributed by atoms with Crippen molar-refractivity contribution in [1.29, 1.82) is 0 Å². The monoisotopic (exact) mass is 141 g/mol. The maximum Gasteiger partial charge on any atom is 0.266 e. The molecule has 4 heteroatoms. The van der Waals surface area contributed by atoms with Crippen molar-refractivity contribution in [2.24, 2.45) is 10.7 Å². The molecule has 0 bridgehead atoms. The van der Waals surface area contributed by atoms with Crippen LogP contribution in [0.1, 0.15) is 6.92 Å². The van der Waals surface area contributed by atoms with Crippen LogP contribution >= 0.6 is 0 Å². The minimum Gasteiger partial charge on any atom is -0.382 e. The lowest BCUT2D eigenvalue weighted by molar-refractivity contribution is -0.114. The van der Waals surface area contributed by atoms with Crippen LogP contribution in [-0.2, 0) is 4.79 Å². The first-order valence-electron chi connectivity index (χ1n) is 2.78. The van der Waals surface area contributed by atoms with Crippen molar-refractivity contribution in [2.45, 2.75) is 6.92 Å². The van der Waals surface area contributed by atoms with Gasteiger partial charge >= 0.3 is 0 Å². The van der Waals surface area contributed by atoms with E-state index in [2.05, 4.69) is 17.0 Å². The molecule has 10 heavy (non-hydrogen) atoms. The molecular weight excluding hydrogens is 130 g/mol. The number of amides is 1. The minimum atomic E-state index is -0.521. The van der Waals surface area contributed by atoms with E-state index in [9.17, 15) is 4.79 Å². The van der Waals surface area contributed by atoms with Crippen molar-refractivity contribution in [3.8, 4) is 0 Å². The first-order valence-corrected chi connectivity index (χ1v) is 2.78. The molecule has 0 aliphatic carbocycles. The fourth-order valence-corrected chi connectivity index (χ4v) is 0.561. The number of carbonyl (C=O) groups is 1. The Morgan fingerprint density at radius 3 is 2.30 bits per heavy atom. The molecule has 4 nitrogen and oxygen atoms in total. The molecule has 0 aromatic rings. The second-order valence-electron chi connectivity index (χ2n) is 1.73. The van der Waals surface area contributed by atoms with Gasteiger partial charge in [-0.1, -0.05) is 0 Å². The van der Waals surface area contributed by atoms with Crippen LogP contribution in [-0.4, -0.2) is 19.7 Å². The fourth-order valence-electron chi connectivity index (χ4n) is 0.561. The highest BCUT2D eigenvalue weighted by Gasteiger charge is 2.04. The number of aliphatic imine (C=N–C) groups is 1. The highest BCUT2D eigenvalue weighted by molar-refractivity contribution is 5.92. The highest BCUT2D eigenvalue weighted by Crippen LogP contribution is 1.98. The standard InChI is InChI=1S/C6H11N3O/c1-4(8-2)5(9-3)6(7)10/h9H,2H2,1,3H3,(H2,7,10)/b5-4-. The van der Waals surface area contributed by atoms with Crippen LogP contribution in [0.25, 0.3) is 0 Å². The van der Waals surface area contributed by atoms with Crippen molar-refractivity contribution in [2.75, 3.05) is 7.05 Å². The number of hydrogen-bond acceptors (Lipinski definition) is 3. The molecule has 0 fully saturated rings. The Kier molecular flexibility index (Phi) is 3.17. The zero-order chi connectivity index (χ0) is 8.15. The quantitative estimate of drug-likeness (QED) is 0.415. The fraction of sp³-hybridized carbons (Fsp3) is 0.333. The van der Waals surface area contributed by atoms with Crippen molar-refractivity contribution in [1.82, 2.24) is 5.32 Å². The lowest BCUT2D eigenvalue weighted by Crippen LogP contribution is -2.24. The Morgan fingerprint density at radius 1 is 1.70 bits per heavy atom. The normalized spacial score (nSPS) is 11.8. The summed E-state index contributed by atoms with van der Waals surface area (Å²) in [6.07, 6.45) is 0. The van der Waals surface area contributed by atoms with Crippen LogP contribution in [0.2, 0.25) is 0 Å². The zero-order valence-electron chi connectivity index (χ0n) is 6.14. The van der Waals surface area contributed by atoms with E-state index in [1.807, 2.05) is 0 Å². The van der Waals surface area contributed by atoms with Gasteiger partial charge in [0.25, 0.3) is 5.91 Å². The molecule has 0 unspecified atom stereocenters. The molecule has 0 saturated carbocycles. The number of nitrogens with zero attached hydrogens (tertiary/aromatic N) is 1. The molecule has 0 aliphatic heterocycles. The summed E-state index contributed by atoms with van der Waals surface area (Å²) in [5.74, 6) is -0.521. The lowest BCUT2D eigenvalue weighted by Gasteiger charge is -2.02. The number of nitrogens with one attached hydrogen (secondary N) is 1. The van der Waals surface area contributed by atoms with E-state index in [0.29, 0.717) is 11.4 Å². The van der Waals surface area contributed by atoms with E-state index in [4.69, 9.17) is 5.73 Å². The van der Waals surface area contributed by atoms with Gasteiger partial charge in [-0.2, -0.15) is 0 Å². The molecule has 0 aliphatic rings. The molecule has 0 atom stereocenters. The van der Waals surface area contributed by atoms with E-state index >= 15 is 0 Å². The number of likely N-dealkylation sites (N-methyl/N-ethyl adjacent to an activating group) is 1. The van der Waals surface area contributed by atoms with Gasteiger partial charge in [0, 0.05) is 7.05 Å². The predicted octanol–water partition coefficient (Wildman–Crippen LogP) is -0.377. The molecule has 0 aromatic heterocycles. The average molecular weight is 141 g/mol. The van der Waals surface area contributed by atoms with Gasteiger partial charge in [0.15, 0.2) is 0 Å². The zero-order valence-corrected chi connectivity index (χ0v) is 6.14. The number of nitrogens with two attached hydrogens (primary N) is 1. The van der Waals surface area contributed by atoms with E-state index in [-0.39, 0.29) is 0 Å². The summed E-state index contributed by atoms with van der Waals surface area (Å²) in [6, 6.07) is 0. The molecule has 0 heterocycles. The topological polar surface area (TPSA) is 67.5 Å². The molecule has 0 saturated heterocycles. The van der Waals surface area contributed by atoms with Crippen molar-refractivity contribution in [3.63, 3.8) is 0 Å². The summed E-state index contributed by atoms with van der Waals surface area (Å²) < 4.78 is 0. The van der Waals surface area contributed by atoms with Gasteiger partial charge < -0.3 is 11.1 Å². The highest BCUT2D eigenvalue weighted by atomic mass is 16.1. The van der Waals surface area contributed by atoms with Crippen LogP contribution in [0.4, 0.5) is 0 Å². The number of rotatable bonds is 3. The Labute approximate surface area is 59.8 Å². The Morgan fingerprint density at radius 2 is 2.20 bits per heavy atom. The van der Waals surface area contributed by atoms with Crippen molar-refractivity contribution in [3.05, 3.63) is 11.4 Å². The molecule has 56 valence electrons. The van der Waals surface area contributed by atoms with E-state index < -0.39 is 5.91 Å². The van der Waals surface area contributed by atoms with Crippen LogP contribution in [0.15, 0.2) is 16.4 Å². The first kappa shape index (κ1) is 8.68. The molecule has 0 aromatic carbocycles. The third-order valence-electron chi connectivity index (χ3n) is 1.10. The SMILES string of the molecule is C=N/C(C)=C(\NC)C(N)=O. The molecule has 0 rings (SSSR count). The number of carbonyl (C=O) groups excluding carboxylic acids is 1. The van der Waals surface area contributed by atoms with E-state index in [1.165, 1.54) is 0 Å². The maximum absolute atomic E-state index is 10.5. The van der Waals surface area contributed by atoms with Gasteiger partial charge in [-0.05, 0) is 13.6 Å². The second kappa shape index (κ2) is 3.66. The van der Waals surface area contributed by atoms with E-state index in [0.717, 1.165) is 0 Å². The lowest BCUT2D eigenvalue weighted by atomic mass is 10.3. The van der Waals surface area contributed by atoms with Crippen molar-refractivity contribution >= 4 is 12.6 Å². The second-order valence-corrected chi connectivity index (χ2v) is 1.73. The molecular formula is C6H11N3O. The van der Waals surface area contributed by atoms with Crippen LogP contribution in [0.3, 0.4) is 0 Å². The summed E-state index contributed by atoms with van der Waals surface area (Å²) in [4.78, 5) is 14.1. The summed E-state index contributed by atoms with van der Waals surface area (Å²) >= 11 is 0. The van der Waals surface area contributed by atoms with Crippen LogP contribution in [0, 0.1) is 0 Å². The largest absolute Gasteiger partial charge is 0.382 e. The van der Waals surface area contributed by atoms with Crippen molar-refractivity contribution < 1.29 is 4.79 Å². The van der Waals surface area contributed by atoms with Gasteiger partial charge in [0.2, 0.25) is 0 Å². The summed E-state index contributed by atoms with van der Waals surface area (Å²) in [7, 11) is 1.61. The third kappa shape index (κ3) is 1.89. The van der Waals surface area contributed by atoms with Crippen LogP contribution in [0.5, 0.6) is 0 Å². The predicted molar refractivity (Wildman–Crippen MR) is 40.5 cm³/mol. The first-order chi connectivity index (χ1) is 4.63. The minimum absolute atomic E-state index is 0.301. The van der Waals surface area contributed by atoms with Gasteiger partial charge in [0.05, 0.1) is 5.70 Å². The number of primary amides is 1. The summed E-state index contributed by atoms with van der Waals surface area (Å²) in [6.45, 7) is 4.91. The Hall–Kier alpha value is -1.32. The summed E-state index contributed by atoms with van der Waals surface area (Å²) in [5.41, 5.74) is 5.79. The van der Waals surface area contributed by atoms with Gasteiger partial charge in [-0.3, -0.25) is 9.79 Å². The smallest absolute Gasteiger partial charge is 0.266 e. The van der Waals surface area contributed by atoms with Gasteiger partial charge in [-0.25, -0.2) is 0 Å². The summed E-state index contributed by atoms with van der Waals surface area (Å²) in [5, 5.41) is 2.62. The van der Waals surface area contributed by atoms with Gasteiger partial charge in [0.1, 0.15) is 5.70 Å². The van der Waals surface area contributed by atoms with E-state index in [1.54, 1.807) is 14.0 Å². The van der Waals surface area contributed by atoms with Crippen LogP contribution < -0.4 is 11.1 Å². The maximum atomic E-state index is 10.5. The average Bonchev–Trinajstić information content (AvgIpc) is 1.88. The van der Waals surface area contributed by atoms with Gasteiger partial charge in [-0.15, -0.1) is 0 Å². The Balaban J connectivity index is 4.62. The molecule has 3 N–H and O–H groups in total.